The van der Waals surface area contributed by atoms with Gasteiger partial charge in [0.1, 0.15) is 0 Å². The summed E-state index contributed by atoms with van der Waals surface area (Å²) in [5.41, 5.74) is 1.55. The van der Waals surface area contributed by atoms with E-state index in [1.54, 1.807) is 4.90 Å². The Hall–Kier alpha value is -4.15. The van der Waals surface area contributed by atoms with Crippen molar-refractivity contribution in [3.8, 4) is 0 Å². The van der Waals surface area contributed by atoms with E-state index in [1.807, 2.05) is 36.1 Å². The molecule has 164 valence electrons. The summed E-state index contributed by atoms with van der Waals surface area (Å²) in [5, 5.41) is 22.5. The van der Waals surface area contributed by atoms with Gasteiger partial charge >= 0.3 is 0 Å². The summed E-state index contributed by atoms with van der Waals surface area (Å²) >= 11 is 0. The molecule has 2 aromatic carbocycles. The highest BCUT2D eigenvalue weighted by molar-refractivity contribution is 5.97. The molecule has 11 nitrogen and oxygen atoms in total. The van der Waals surface area contributed by atoms with Crippen LogP contribution in [-0.2, 0) is 0 Å². The van der Waals surface area contributed by atoms with Crippen LogP contribution in [0.15, 0.2) is 36.4 Å². The van der Waals surface area contributed by atoms with Crippen molar-refractivity contribution in [3.05, 3.63) is 73.4 Å². The second-order valence-corrected chi connectivity index (χ2v) is 7.55. The minimum Gasteiger partial charge on any atom is -0.352 e. The van der Waals surface area contributed by atoms with Gasteiger partial charge in [0, 0.05) is 37.8 Å². The van der Waals surface area contributed by atoms with E-state index >= 15 is 0 Å². The van der Waals surface area contributed by atoms with Crippen LogP contribution in [0.25, 0.3) is 11.0 Å². The lowest BCUT2D eigenvalue weighted by Crippen LogP contribution is -2.49. The number of rotatable bonds is 4. The summed E-state index contributed by atoms with van der Waals surface area (Å²) in [6.45, 7) is 5.01. The van der Waals surface area contributed by atoms with Gasteiger partial charge in [-0.05, 0) is 26.0 Å². The normalized spacial score (nSPS) is 13.9. The number of carbonyl (C=O) groups is 1. The van der Waals surface area contributed by atoms with Crippen molar-refractivity contribution in [3.63, 3.8) is 0 Å². The Labute approximate surface area is 182 Å². The SMILES string of the molecule is Cc1nc2ccccc2nc1N1CCN(C(=O)c2cc([N+](=O)[O-])cc([N+](=O)[O-])c2C)CC1. The number of piperazine rings is 1. The molecule has 3 aromatic rings. The fraction of sp³-hybridized carbons (Fsp3) is 0.286. The number of aromatic nitrogens is 2. The van der Waals surface area contributed by atoms with Gasteiger partial charge in [-0.2, -0.15) is 0 Å². The van der Waals surface area contributed by atoms with Crippen LogP contribution >= 0.6 is 0 Å². The predicted molar refractivity (Wildman–Crippen MR) is 117 cm³/mol. The van der Waals surface area contributed by atoms with Crippen LogP contribution in [0.4, 0.5) is 17.2 Å². The summed E-state index contributed by atoms with van der Waals surface area (Å²) in [6, 6.07) is 9.58. The molecular weight excluding hydrogens is 416 g/mol. The summed E-state index contributed by atoms with van der Waals surface area (Å²) in [6.07, 6.45) is 0. The third kappa shape index (κ3) is 3.80. The highest BCUT2D eigenvalue weighted by Crippen LogP contribution is 2.29. The molecule has 1 fully saturated rings. The van der Waals surface area contributed by atoms with Gasteiger partial charge in [0.15, 0.2) is 5.82 Å². The summed E-state index contributed by atoms with van der Waals surface area (Å²) in [7, 11) is 0. The zero-order valence-electron chi connectivity index (χ0n) is 17.5. The number of carbonyl (C=O) groups excluding carboxylic acids is 1. The summed E-state index contributed by atoms with van der Waals surface area (Å²) in [5.74, 6) is 0.285. The van der Waals surface area contributed by atoms with Crippen LogP contribution in [0, 0.1) is 34.1 Å². The molecule has 0 unspecified atom stereocenters. The average Bonchev–Trinajstić information content (AvgIpc) is 2.78. The maximum atomic E-state index is 13.1. The van der Waals surface area contributed by atoms with Crippen LogP contribution in [0.3, 0.4) is 0 Å². The first kappa shape index (κ1) is 21.1. The van der Waals surface area contributed by atoms with E-state index in [1.165, 1.54) is 6.92 Å². The molecule has 2 heterocycles. The molecule has 1 amide bonds. The molecular formula is C21H20N6O5. The van der Waals surface area contributed by atoms with E-state index in [0.717, 1.165) is 34.7 Å². The van der Waals surface area contributed by atoms with E-state index in [4.69, 9.17) is 4.98 Å². The number of fused-ring (bicyclic) bond motifs is 1. The van der Waals surface area contributed by atoms with Crippen molar-refractivity contribution in [2.24, 2.45) is 0 Å². The number of hydrogen-bond acceptors (Lipinski definition) is 8. The van der Waals surface area contributed by atoms with Gasteiger partial charge in [-0.3, -0.25) is 25.0 Å². The number of non-ortho nitro benzene ring substituents is 1. The standard InChI is InChI=1S/C21H20N6O5/c1-13-16(11-15(26(29)30)12-19(13)27(31)32)21(28)25-9-7-24(8-10-25)20-14(2)22-17-5-3-4-6-18(17)23-20/h3-6,11-12H,7-10H2,1-2H3. The highest BCUT2D eigenvalue weighted by atomic mass is 16.6. The smallest absolute Gasteiger partial charge is 0.279 e. The van der Waals surface area contributed by atoms with E-state index in [-0.39, 0.29) is 11.1 Å². The number of nitrogens with zero attached hydrogens (tertiary/aromatic N) is 6. The first-order chi connectivity index (χ1) is 15.3. The number of hydrogen-bond donors (Lipinski definition) is 0. The molecule has 0 bridgehead atoms. The van der Waals surface area contributed by atoms with Gasteiger partial charge in [-0.15, -0.1) is 0 Å². The van der Waals surface area contributed by atoms with Crippen LogP contribution in [0.1, 0.15) is 21.6 Å². The number of nitro groups is 2. The number of benzene rings is 2. The van der Waals surface area contributed by atoms with E-state index in [0.29, 0.717) is 26.2 Å². The zero-order chi connectivity index (χ0) is 23.0. The lowest BCUT2D eigenvalue weighted by atomic mass is 10.0. The Morgan fingerprint density at radius 3 is 2.16 bits per heavy atom. The van der Waals surface area contributed by atoms with Crippen LogP contribution < -0.4 is 4.90 Å². The maximum Gasteiger partial charge on any atom is 0.279 e. The van der Waals surface area contributed by atoms with Gasteiger partial charge in [0.05, 0.1) is 38.2 Å². The van der Waals surface area contributed by atoms with Gasteiger partial charge in [0.25, 0.3) is 17.3 Å². The van der Waals surface area contributed by atoms with Crippen molar-refractivity contribution in [2.45, 2.75) is 13.8 Å². The lowest BCUT2D eigenvalue weighted by Gasteiger charge is -2.36. The van der Waals surface area contributed by atoms with Crippen LogP contribution in [0.2, 0.25) is 0 Å². The molecule has 4 rings (SSSR count). The van der Waals surface area contributed by atoms with Crippen LogP contribution in [0.5, 0.6) is 0 Å². The van der Waals surface area contributed by atoms with Crippen molar-refractivity contribution in [1.29, 1.82) is 0 Å². The number of aryl methyl sites for hydroxylation is 1. The van der Waals surface area contributed by atoms with E-state index in [9.17, 15) is 25.0 Å². The van der Waals surface area contributed by atoms with Crippen molar-refractivity contribution >= 4 is 34.1 Å². The Morgan fingerprint density at radius 1 is 0.938 bits per heavy atom. The summed E-state index contributed by atoms with van der Waals surface area (Å²) in [4.78, 5) is 47.1. The Kier molecular flexibility index (Phi) is 5.39. The topological polar surface area (TPSA) is 136 Å². The van der Waals surface area contributed by atoms with Crippen molar-refractivity contribution in [2.75, 3.05) is 31.1 Å². The first-order valence-electron chi connectivity index (χ1n) is 9.97. The lowest BCUT2D eigenvalue weighted by molar-refractivity contribution is -0.394. The molecule has 0 radical (unpaired) electrons. The third-order valence-corrected chi connectivity index (χ3v) is 5.59. The molecule has 11 heteroatoms. The number of amides is 1. The molecule has 0 N–H and O–H groups in total. The number of anilines is 1. The molecule has 0 atom stereocenters. The van der Waals surface area contributed by atoms with Gasteiger partial charge in [0.2, 0.25) is 0 Å². The molecule has 0 spiro atoms. The molecule has 32 heavy (non-hydrogen) atoms. The molecule has 1 aliphatic rings. The largest absolute Gasteiger partial charge is 0.352 e. The molecule has 1 saturated heterocycles. The predicted octanol–water partition coefficient (Wildman–Crippen LogP) is 3.03. The molecule has 0 saturated carbocycles. The first-order valence-corrected chi connectivity index (χ1v) is 9.97. The molecule has 1 aliphatic heterocycles. The van der Waals surface area contributed by atoms with E-state index in [2.05, 4.69) is 4.98 Å². The third-order valence-electron chi connectivity index (χ3n) is 5.59. The second-order valence-electron chi connectivity index (χ2n) is 7.55. The van der Waals surface area contributed by atoms with Gasteiger partial charge in [-0.25, -0.2) is 9.97 Å². The average molecular weight is 436 g/mol. The van der Waals surface area contributed by atoms with Gasteiger partial charge in [-0.1, -0.05) is 12.1 Å². The molecule has 1 aromatic heterocycles. The highest BCUT2D eigenvalue weighted by Gasteiger charge is 2.29. The van der Waals surface area contributed by atoms with E-state index < -0.39 is 27.1 Å². The fourth-order valence-corrected chi connectivity index (χ4v) is 3.87. The monoisotopic (exact) mass is 436 g/mol. The fourth-order valence-electron chi connectivity index (χ4n) is 3.87. The Morgan fingerprint density at radius 2 is 1.56 bits per heavy atom. The molecule has 0 aliphatic carbocycles. The number of nitro benzene ring substituents is 2. The maximum absolute atomic E-state index is 13.1. The minimum absolute atomic E-state index is 0.0268. The van der Waals surface area contributed by atoms with Gasteiger partial charge < -0.3 is 9.80 Å². The Balaban J connectivity index is 1.56. The van der Waals surface area contributed by atoms with Crippen molar-refractivity contribution < 1.29 is 14.6 Å². The van der Waals surface area contributed by atoms with Crippen LogP contribution in [-0.4, -0.2) is 56.8 Å². The quantitative estimate of drug-likeness (QED) is 0.450. The minimum atomic E-state index is -0.734. The summed E-state index contributed by atoms with van der Waals surface area (Å²) < 4.78 is 0. The second kappa shape index (κ2) is 8.17. The van der Waals surface area contributed by atoms with Crippen molar-refractivity contribution in [1.82, 2.24) is 14.9 Å². The number of para-hydroxylation sites is 2. The zero-order valence-corrected chi connectivity index (χ0v) is 17.5. The Bertz CT molecular complexity index is 1250.